The van der Waals surface area contributed by atoms with Gasteiger partial charge in [0.2, 0.25) is 0 Å². The van der Waals surface area contributed by atoms with E-state index in [4.69, 9.17) is 4.74 Å². The molecule has 114 valence electrons. The number of rotatable bonds is 8. The number of aromatic nitrogens is 2. The predicted octanol–water partition coefficient (Wildman–Crippen LogP) is 3.10. The molecule has 0 bridgehead atoms. The van der Waals surface area contributed by atoms with Crippen LogP contribution in [0.5, 0.6) is 5.75 Å². The molecule has 0 saturated carbocycles. The molecule has 1 unspecified atom stereocenters. The molecule has 0 radical (unpaired) electrons. The molecule has 0 saturated heterocycles. The second-order valence-corrected chi connectivity index (χ2v) is 5.21. The van der Waals surface area contributed by atoms with E-state index in [1.807, 2.05) is 24.1 Å². The van der Waals surface area contributed by atoms with Gasteiger partial charge in [0.1, 0.15) is 5.75 Å². The van der Waals surface area contributed by atoms with Crippen molar-refractivity contribution in [2.24, 2.45) is 7.05 Å². The minimum absolute atomic E-state index is 0.430. The van der Waals surface area contributed by atoms with Crippen LogP contribution in [0.3, 0.4) is 0 Å². The van der Waals surface area contributed by atoms with E-state index >= 15 is 0 Å². The van der Waals surface area contributed by atoms with E-state index in [9.17, 15) is 0 Å². The average Bonchev–Trinajstić information content (AvgIpc) is 2.91. The Balaban J connectivity index is 1.84. The monoisotopic (exact) mass is 287 g/mol. The first-order chi connectivity index (χ1) is 10.2. The number of hydrogen-bond acceptors (Lipinski definition) is 3. The van der Waals surface area contributed by atoms with Crippen LogP contribution in [0.2, 0.25) is 0 Å². The Morgan fingerprint density at radius 1 is 1.24 bits per heavy atom. The number of aryl methyl sites for hydroxylation is 1. The molecule has 2 aromatic rings. The summed E-state index contributed by atoms with van der Waals surface area (Å²) in [5.74, 6) is 0.925. The van der Waals surface area contributed by atoms with Crippen molar-refractivity contribution in [1.82, 2.24) is 15.1 Å². The van der Waals surface area contributed by atoms with Gasteiger partial charge in [-0.1, -0.05) is 26.0 Å². The summed E-state index contributed by atoms with van der Waals surface area (Å²) in [6.07, 6.45) is 5.88. The summed E-state index contributed by atoms with van der Waals surface area (Å²) in [6, 6.07) is 8.84. The van der Waals surface area contributed by atoms with E-state index in [0.29, 0.717) is 12.6 Å². The highest BCUT2D eigenvalue weighted by Crippen LogP contribution is 2.20. The topological polar surface area (TPSA) is 39.1 Å². The number of benzene rings is 1. The molecule has 2 rings (SSSR count). The first kappa shape index (κ1) is 15.6. The highest BCUT2D eigenvalue weighted by Gasteiger charge is 2.07. The van der Waals surface area contributed by atoms with Crippen LogP contribution in [-0.4, -0.2) is 22.9 Å². The smallest absolute Gasteiger partial charge is 0.119 e. The highest BCUT2D eigenvalue weighted by atomic mass is 16.5. The molecule has 4 heteroatoms. The van der Waals surface area contributed by atoms with Crippen LogP contribution in [0.15, 0.2) is 36.7 Å². The molecule has 0 spiro atoms. The van der Waals surface area contributed by atoms with Gasteiger partial charge < -0.3 is 10.1 Å². The van der Waals surface area contributed by atoms with Crippen molar-refractivity contribution in [3.05, 3.63) is 47.8 Å². The van der Waals surface area contributed by atoms with Crippen LogP contribution in [0.25, 0.3) is 0 Å². The van der Waals surface area contributed by atoms with Gasteiger partial charge in [0.05, 0.1) is 12.8 Å². The molecule has 1 heterocycles. The molecule has 21 heavy (non-hydrogen) atoms. The summed E-state index contributed by atoms with van der Waals surface area (Å²) in [5.41, 5.74) is 2.52. The molecule has 1 N–H and O–H groups in total. The zero-order valence-electron chi connectivity index (χ0n) is 13.2. The van der Waals surface area contributed by atoms with Gasteiger partial charge in [0.15, 0.2) is 0 Å². The maximum atomic E-state index is 5.79. The molecule has 0 aliphatic heterocycles. The maximum Gasteiger partial charge on any atom is 0.119 e. The largest absolute Gasteiger partial charge is 0.493 e. The summed E-state index contributed by atoms with van der Waals surface area (Å²) in [7, 11) is 1.93. The van der Waals surface area contributed by atoms with E-state index in [1.165, 1.54) is 11.1 Å². The Morgan fingerprint density at radius 2 is 2.00 bits per heavy atom. The van der Waals surface area contributed by atoms with Gasteiger partial charge in [0, 0.05) is 25.7 Å². The van der Waals surface area contributed by atoms with E-state index in [2.05, 4.69) is 48.5 Å². The third-order valence-electron chi connectivity index (χ3n) is 3.56. The number of ether oxygens (including phenoxy) is 1. The third-order valence-corrected chi connectivity index (χ3v) is 3.56. The minimum Gasteiger partial charge on any atom is -0.493 e. The lowest BCUT2D eigenvalue weighted by molar-refractivity contribution is 0.321. The van der Waals surface area contributed by atoms with Gasteiger partial charge in [-0.25, -0.2) is 0 Å². The fourth-order valence-electron chi connectivity index (χ4n) is 2.43. The zero-order chi connectivity index (χ0) is 15.1. The molecule has 0 aliphatic rings. The molecule has 0 aliphatic carbocycles. The number of nitrogens with one attached hydrogen (secondary N) is 1. The Kier molecular flexibility index (Phi) is 5.81. The first-order valence-electron chi connectivity index (χ1n) is 7.66. The van der Waals surface area contributed by atoms with Crippen LogP contribution in [0.1, 0.15) is 37.4 Å². The van der Waals surface area contributed by atoms with Crippen molar-refractivity contribution in [3.8, 4) is 5.75 Å². The van der Waals surface area contributed by atoms with Crippen molar-refractivity contribution in [3.63, 3.8) is 0 Å². The Bertz CT molecular complexity index is 533. The fraction of sp³-hybridized carbons (Fsp3) is 0.471. The first-order valence-corrected chi connectivity index (χ1v) is 7.66. The second kappa shape index (κ2) is 7.84. The lowest BCUT2D eigenvalue weighted by atomic mass is 10.0. The van der Waals surface area contributed by atoms with Gasteiger partial charge in [0.25, 0.3) is 0 Å². The van der Waals surface area contributed by atoms with Crippen LogP contribution < -0.4 is 10.1 Å². The summed E-state index contributed by atoms with van der Waals surface area (Å²) in [6.45, 7) is 6.00. The van der Waals surface area contributed by atoms with Crippen LogP contribution >= 0.6 is 0 Å². The number of hydrogen-bond donors (Lipinski definition) is 1. The van der Waals surface area contributed by atoms with Gasteiger partial charge in [-0.2, -0.15) is 5.10 Å². The SMILES string of the molecule is CCNC(CC)c1ccc(OCCc2cnn(C)c2)cc1. The maximum absolute atomic E-state index is 5.79. The molecular formula is C17H25N3O. The van der Waals surface area contributed by atoms with Gasteiger partial charge in [-0.15, -0.1) is 0 Å². The average molecular weight is 287 g/mol. The van der Waals surface area contributed by atoms with E-state index in [-0.39, 0.29) is 0 Å². The molecule has 0 amide bonds. The second-order valence-electron chi connectivity index (χ2n) is 5.21. The standard InChI is InChI=1S/C17H25N3O/c1-4-17(18-5-2)15-6-8-16(9-7-15)21-11-10-14-12-19-20(3)13-14/h6-9,12-13,17-18H,4-5,10-11H2,1-3H3. The molecule has 0 fully saturated rings. The highest BCUT2D eigenvalue weighted by molar-refractivity contribution is 5.29. The van der Waals surface area contributed by atoms with Crippen molar-refractivity contribution in [2.45, 2.75) is 32.7 Å². The lowest BCUT2D eigenvalue weighted by Gasteiger charge is -2.16. The summed E-state index contributed by atoms with van der Waals surface area (Å²) in [5, 5.41) is 7.64. The third kappa shape index (κ3) is 4.60. The van der Waals surface area contributed by atoms with E-state index < -0.39 is 0 Å². The van der Waals surface area contributed by atoms with E-state index in [1.54, 1.807) is 0 Å². The predicted molar refractivity (Wildman–Crippen MR) is 85.6 cm³/mol. The van der Waals surface area contributed by atoms with Gasteiger partial charge in [-0.3, -0.25) is 4.68 Å². The van der Waals surface area contributed by atoms with Crippen molar-refractivity contribution in [2.75, 3.05) is 13.2 Å². The molecule has 1 aromatic heterocycles. The quantitative estimate of drug-likeness (QED) is 0.811. The number of nitrogens with zero attached hydrogens (tertiary/aromatic N) is 2. The molecular weight excluding hydrogens is 262 g/mol. The van der Waals surface area contributed by atoms with Gasteiger partial charge >= 0.3 is 0 Å². The molecule has 1 aromatic carbocycles. The normalized spacial score (nSPS) is 12.3. The fourth-order valence-corrected chi connectivity index (χ4v) is 2.43. The van der Waals surface area contributed by atoms with Gasteiger partial charge in [-0.05, 0) is 36.2 Å². The summed E-state index contributed by atoms with van der Waals surface area (Å²) >= 11 is 0. The lowest BCUT2D eigenvalue weighted by Crippen LogP contribution is -2.19. The Labute approximate surface area is 127 Å². The zero-order valence-corrected chi connectivity index (χ0v) is 13.2. The van der Waals surface area contributed by atoms with Crippen LogP contribution in [-0.2, 0) is 13.5 Å². The van der Waals surface area contributed by atoms with Crippen molar-refractivity contribution < 1.29 is 4.74 Å². The van der Waals surface area contributed by atoms with Crippen molar-refractivity contribution in [1.29, 1.82) is 0 Å². The van der Waals surface area contributed by atoms with Crippen LogP contribution in [0.4, 0.5) is 0 Å². The van der Waals surface area contributed by atoms with Crippen LogP contribution in [0, 0.1) is 0 Å². The minimum atomic E-state index is 0.430. The summed E-state index contributed by atoms with van der Waals surface area (Å²) in [4.78, 5) is 0. The van der Waals surface area contributed by atoms with E-state index in [0.717, 1.165) is 25.1 Å². The van der Waals surface area contributed by atoms with Crippen molar-refractivity contribution >= 4 is 0 Å². The molecule has 1 atom stereocenters. The Morgan fingerprint density at radius 3 is 2.57 bits per heavy atom. The summed E-state index contributed by atoms with van der Waals surface area (Å²) < 4.78 is 7.61. The Hall–Kier alpha value is -1.81. The molecule has 4 nitrogen and oxygen atoms in total.